The second kappa shape index (κ2) is 9.09. The zero-order chi connectivity index (χ0) is 20.9. The molecule has 7 heteroatoms. The Hall–Kier alpha value is -3.19. The van der Waals surface area contributed by atoms with E-state index in [1.807, 2.05) is 30.3 Å². The molecule has 156 valence electrons. The van der Waals surface area contributed by atoms with Crippen LogP contribution in [0.2, 0.25) is 0 Å². The van der Waals surface area contributed by atoms with E-state index in [0.29, 0.717) is 17.4 Å². The maximum Gasteiger partial charge on any atom is 0.261 e. The number of aromatic nitrogens is 2. The van der Waals surface area contributed by atoms with Gasteiger partial charge in [-0.2, -0.15) is 0 Å². The lowest BCUT2D eigenvalue weighted by atomic mass is 10.1. The third-order valence-electron chi connectivity index (χ3n) is 5.62. The Morgan fingerprint density at radius 2 is 1.87 bits per heavy atom. The number of likely N-dealkylation sites (tertiary alicyclic amines) is 1. The van der Waals surface area contributed by atoms with Crippen LogP contribution in [0, 0.1) is 0 Å². The molecule has 1 unspecified atom stereocenters. The third kappa shape index (κ3) is 4.36. The molecule has 1 fully saturated rings. The SMILES string of the molecule is COc1ccc(C(CNC(=O)Cn2cnc3ccccc3c2=O)N2CCCC2)cc1. The number of ether oxygens (including phenoxy) is 1. The number of para-hydroxylation sites is 1. The minimum absolute atomic E-state index is 0.0496. The number of nitrogens with zero attached hydrogens (tertiary/aromatic N) is 3. The second-order valence-electron chi connectivity index (χ2n) is 7.53. The number of nitrogens with one attached hydrogen (secondary N) is 1. The summed E-state index contributed by atoms with van der Waals surface area (Å²) in [5.74, 6) is 0.609. The number of fused-ring (bicyclic) bond motifs is 1. The van der Waals surface area contributed by atoms with Gasteiger partial charge < -0.3 is 10.1 Å². The summed E-state index contributed by atoms with van der Waals surface area (Å²) in [4.78, 5) is 31.9. The van der Waals surface area contributed by atoms with Crippen molar-refractivity contribution in [1.29, 1.82) is 0 Å². The van der Waals surface area contributed by atoms with Gasteiger partial charge in [0, 0.05) is 6.54 Å². The lowest BCUT2D eigenvalue weighted by molar-refractivity contribution is -0.122. The number of methoxy groups -OCH3 is 1. The molecule has 2 heterocycles. The number of benzene rings is 2. The van der Waals surface area contributed by atoms with Crippen LogP contribution in [-0.2, 0) is 11.3 Å². The topological polar surface area (TPSA) is 76.5 Å². The van der Waals surface area contributed by atoms with Crippen molar-refractivity contribution in [3.8, 4) is 5.75 Å². The Morgan fingerprint density at radius 3 is 2.60 bits per heavy atom. The molecular formula is C23H26N4O3. The van der Waals surface area contributed by atoms with Gasteiger partial charge in [-0.15, -0.1) is 0 Å². The molecular weight excluding hydrogens is 380 g/mol. The molecule has 2 aromatic carbocycles. The predicted octanol–water partition coefficient (Wildman–Crippen LogP) is 2.36. The highest BCUT2D eigenvalue weighted by atomic mass is 16.5. The molecule has 4 rings (SSSR count). The van der Waals surface area contributed by atoms with Gasteiger partial charge in [0.2, 0.25) is 5.91 Å². The van der Waals surface area contributed by atoms with Gasteiger partial charge in [-0.3, -0.25) is 19.1 Å². The first-order valence-corrected chi connectivity index (χ1v) is 10.2. The van der Waals surface area contributed by atoms with Crippen LogP contribution < -0.4 is 15.6 Å². The molecule has 0 bridgehead atoms. The van der Waals surface area contributed by atoms with E-state index < -0.39 is 0 Å². The molecule has 0 aliphatic carbocycles. The number of carbonyl (C=O) groups is 1. The summed E-state index contributed by atoms with van der Waals surface area (Å²) in [6, 6.07) is 15.2. The minimum atomic E-state index is -0.206. The van der Waals surface area contributed by atoms with Crippen LogP contribution in [0.5, 0.6) is 5.75 Å². The average molecular weight is 406 g/mol. The van der Waals surface area contributed by atoms with Crippen LogP contribution in [0.3, 0.4) is 0 Å². The Labute approximate surface area is 175 Å². The summed E-state index contributed by atoms with van der Waals surface area (Å²) < 4.78 is 6.62. The quantitative estimate of drug-likeness (QED) is 0.652. The van der Waals surface area contributed by atoms with Gasteiger partial charge in [0.15, 0.2) is 0 Å². The van der Waals surface area contributed by atoms with Crippen molar-refractivity contribution in [2.75, 3.05) is 26.7 Å². The summed E-state index contributed by atoms with van der Waals surface area (Å²) >= 11 is 0. The van der Waals surface area contributed by atoms with E-state index in [2.05, 4.69) is 15.2 Å². The highest BCUT2D eigenvalue weighted by Crippen LogP contribution is 2.26. The zero-order valence-corrected chi connectivity index (χ0v) is 17.1. The van der Waals surface area contributed by atoms with Crippen molar-refractivity contribution >= 4 is 16.8 Å². The molecule has 1 aliphatic heterocycles. The smallest absolute Gasteiger partial charge is 0.261 e. The van der Waals surface area contributed by atoms with Crippen LogP contribution in [0.4, 0.5) is 0 Å². The van der Waals surface area contributed by atoms with Gasteiger partial charge in [-0.1, -0.05) is 24.3 Å². The molecule has 1 saturated heterocycles. The minimum Gasteiger partial charge on any atom is -0.497 e. The molecule has 7 nitrogen and oxygen atoms in total. The summed E-state index contributed by atoms with van der Waals surface area (Å²) in [5, 5.41) is 3.53. The summed E-state index contributed by atoms with van der Waals surface area (Å²) in [6.07, 6.45) is 3.77. The van der Waals surface area contributed by atoms with Crippen molar-refractivity contribution in [2.45, 2.75) is 25.4 Å². The fourth-order valence-corrected chi connectivity index (χ4v) is 3.98. The molecule has 0 radical (unpaired) electrons. The zero-order valence-electron chi connectivity index (χ0n) is 17.1. The normalized spacial score (nSPS) is 15.2. The standard InChI is InChI=1S/C23H26N4O3/c1-30-18-10-8-17(9-11-18)21(26-12-4-5-13-26)14-24-22(28)15-27-16-25-20-7-3-2-6-19(20)23(27)29/h2-3,6-11,16,21H,4-5,12-15H2,1H3,(H,24,28). The second-order valence-corrected chi connectivity index (χ2v) is 7.53. The first-order chi connectivity index (χ1) is 14.7. The van der Waals surface area contributed by atoms with E-state index in [1.54, 1.807) is 25.3 Å². The van der Waals surface area contributed by atoms with Gasteiger partial charge in [0.05, 0.1) is 30.4 Å². The maximum atomic E-state index is 12.6. The van der Waals surface area contributed by atoms with E-state index in [9.17, 15) is 9.59 Å². The van der Waals surface area contributed by atoms with Crippen molar-refractivity contribution in [3.63, 3.8) is 0 Å². The maximum absolute atomic E-state index is 12.6. The summed E-state index contributed by atoms with van der Waals surface area (Å²) in [6.45, 7) is 2.47. The number of rotatable bonds is 7. The molecule has 1 aromatic heterocycles. The van der Waals surface area contributed by atoms with Crippen LogP contribution in [0.15, 0.2) is 59.7 Å². The number of hydrogen-bond acceptors (Lipinski definition) is 5. The molecule has 1 atom stereocenters. The Balaban J connectivity index is 1.46. The van der Waals surface area contributed by atoms with Gasteiger partial charge >= 0.3 is 0 Å². The van der Waals surface area contributed by atoms with Crippen molar-refractivity contribution in [3.05, 3.63) is 70.8 Å². The Morgan fingerprint density at radius 1 is 1.13 bits per heavy atom. The highest BCUT2D eigenvalue weighted by Gasteiger charge is 2.24. The van der Waals surface area contributed by atoms with E-state index in [0.717, 1.165) is 24.4 Å². The molecule has 30 heavy (non-hydrogen) atoms. The van der Waals surface area contributed by atoms with Crippen molar-refractivity contribution < 1.29 is 9.53 Å². The van der Waals surface area contributed by atoms with Crippen molar-refractivity contribution in [2.24, 2.45) is 0 Å². The molecule has 1 N–H and O–H groups in total. The first kappa shape index (κ1) is 20.1. The largest absolute Gasteiger partial charge is 0.497 e. The van der Waals surface area contributed by atoms with Crippen LogP contribution in [-0.4, -0.2) is 47.1 Å². The molecule has 1 amide bonds. The fraction of sp³-hybridized carbons (Fsp3) is 0.348. The summed E-state index contributed by atoms with van der Waals surface area (Å²) in [5.41, 5.74) is 1.57. The summed E-state index contributed by atoms with van der Waals surface area (Å²) in [7, 11) is 1.65. The lowest BCUT2D eigenvalue weighted by Gasteiger charge is -2.28. The van der Waals surface area contributed by atoms with Gasteiger partial charge in [-0.25, -0.2) is 4.98 Å². The Kier molecular flexibility index (Phi) is 6.09. The molecule has 1 aliphatic rings. The fourth-order valence-electron chi connectivity index (χ4n) is 3.98. The van der Waals surface area contributed by atoms with Crippen LogP contribution in [0.1, 0.15) is 24.4 Å². The number of hydrogen-bond donors (Lipinski definition) is 1. The van der Waals surface area contributed by atoms with E-state index in [4.69, 9.17) is 4.74 Å². The van der Waals surface area contributed by atoms with Crippen LogP contribution in [0.25, 0.3) is 10.9 Å². The average Bonchev–Trinajstić information content (AvgIpc) is 3.31. The molecule has 0 spiro atoms. The molecule has 3 aromatic rings. The number of carbonyl (C=O) groups excluding carboxylic acids is 1. The van der Waals surface area contributed by atoms with Gasteiger partial charge in [0.25, 0.3) is 5.56 Å². The first-order valence-electron chi connectivity index (χ1n) is 10.2. The van der Waals surface area contributed by atoms with E-state index in [1.165, 1.54) is 23.7 Å². The lowest BCUT2D eigenvalue weighted by Crippen LogP contribution is -2.39. The molecule has 0 saturated carbocycles. The predicted molar refractivity (Wildman–Crippen MR) is 116 cm³/mol. The van der Waals surface area contributed by atoms with Crippen LogP contribution >= 0.6 is 0 Å². The number of amides is 1. The Bertz CT molecular complexity index is 1070. The van der Waals surface area contributed by atoms with Gasteiger partial charge in [0.1, 0.15) is 12.3 Å². The monoisotopic (exact) mass is 406 g/mol. The van der Waals surface area contributed by atoms with E-state index in [-0.39, 0.29) is 24.1 Å². The van der Waals surface area contributed by atoms with Gasteiger partial charge in [-0.05, 0) is 55.8 Å². The third-order valence-corrected chi connectivity index (χ3v) is 5.62. The van der Waals surface area contributed by atoms with E-state index >= 15 is 0 Å². The highest BCUT2D eigenvalue weighted by molar-refractivity contribution is 5.78. The van der Waals surface area contributed by atoms with Crippen molar-refractivity contribution in [1.82, 2.24) is 19.8 Å².